The largest absolute Gasteiger partial charge is 0.316 e. The van der Waals surface area contributed by atoms with Crippen molar-refractivity contribution < 1.29 is 0 Å². The van der Waals surface area contributed by atoms with Gasteiger partial charge in [-0.1, -0.05) is 103 Å². The van der Waals surface area contributed by atoms with Gasteiger partial charge in [0.15, 0.2) is 5.82 Å². The van der Waals surface area contributed by atoms with Crippen molar-refractivity contribution in [2.45, 2.75) is 0 Å². The van der Waals surface area contributed by atoms with E-state index in [1.807, 2.05) is 6.07 Å². The molecule has 0 saturated carbocycles. The highest BCUT2D eigenvalue weighted by molar-refractivity contribution is 6.19. The first-order chi connectivity index (χ1) is 29.3. The summed E-state index contributed by atoms with van der Waals surface area (Å²) >= 11 is 0. The second-order valence-electron chi connectivity index (χ2n) is 14.7. The molecule has 0 saturated heterocycles. The van der Waals surface area contributed by atoms with Crippen molar-refractivity contribution in [2.24, 2.45) is 0 Å². The third-order valence-corrected chi connectivity index (χ3v) is 11.3. The van der Waals surface area contributed by atoms with Crippen LogP contribution < -0.4 is 4.90 Å². The predicted octanol–water partition coefficient (Wildman–Crippen LogP) is 14.0. The monoisotopic (exact) mass is 755 g/mol. The number of rotatable bonds is 8. The number of hydrogen-bond donors (Lipinski definition) is 0. The van der Waals surface area contributed by atoms with E-state index in [0.29, 0.717) is 5.82 Å². The van der Waals surface area contributed by atoms with Crippen LogP contribution >= 0.6 is 0 Å². The average molecular weight is 756 g/mol. The lowest BCUT2D eigenvalue weighted by atomic mass is 10.0. The van der Waals surface area contributed by atoms with Gasteiger partial charge in [-0.2, -0.15) is 0 Å². The second-order valence-corrected chi connectivity index (χ2v) is 14.7. The fraction of sp³-hybridized carbons (Fsp3) is 0. The molecule has 11 rings (SSSR count). The number of aromatic nitrogens is 4. The van der Waals surface area contributed by atoms with Gasteiger partial charge < -0.3 is 14.0 Å². The van der Waals surface area contributed by atoms with Crippen molar-refractivity contribution >= 4 is 49.8 Å². The smallest absolute Gasteiger partial charge is 0.159 e. The van der Waals surface area contributed by atoms with Gasteiger partial charge in [0.2, 0.25) is 0 Å². The Balaban J connectivity index is 1.00. The number of benzene rings is 8. The van der Waals surface area contributed by atoms with Crippen LogP contribution in [0.4, 0.5) is 17.1 Å². The molecule has 0 atom stereocenters. The first-order valence-corrected chi connectivity index (χ1v) is 19.9. The van der Waals surface area contributed by atoms with Crippen molar-refractivity contribution in [1.29, 1.82) is 0 Å². The van der Waals surface area contributed by atoms with Crippen LogP contribution in [0.15, 0.2) is 225 Å². The summed E-state index contributed by atoms with van der Waals surface area (Å²) in [7, 11) is 0. The first-order valence-electron chi connectivity index (χ1n) is 19.9. The van der Waals surface area contributed by atoms with Crippen molar-refractivity contribution in [3.8, 4) is 45.0 Å². The summed E-state index contributed by atoms with van der Waals surface area (Å²) in [6.45, 7) is 0. The quantitative estimate of drug-likeness (QED) is 0.155. The van der Waals surface area contributed by atoms with E-state index < -0.39 is 0 Å². The van der Waals surface area contributed by atoms with Crippen LogP contribution in [0.1, 0.15) is 0 Å². The van der Waals surface area contributed by atoms with E-state index in [1.54, 1.807) is 12.4 Å². The van der Waals surface area contributed by atoms with E-state index in [-0.39, 0.29) is 0 Å². The van der Waals surface area contributed by atoms with Crippen LogP contribution in [0.2, 0.25) is 0 Å². The highest BCUT2D eigenvalue weighted by Gasteiger charge is 2.19. The minimum absolute atomic E-state index is 0.709. The Bertz CT molecular complexity index is 3130. The zero-order valence-electron chi connectivity index (χ0n) is 32.1. The highest BCUT2D eigenvalue weighted by atomic mass is 15.1. The molecule has 0 radical (unpaired) electrons. The predicted molar refractivity (Wildman–Crippen MR) is 244 cm³/mol. The van der Waals surface area contributed by atoms with E-state index in [2.05, 4.69) is 230 Å². The van der Waals surface area contributed by atoms with E-state index in [9.17, 15) is 0 Å². The van der Waals surface area contributed by atoms with Gasteiger partial charge in [-0.25, -0.2) is 9.97 Å². The summed E-state index contributed by atoms with van der Waals surface area (Å²) in [4.78, 5) is 11.2. The fourth-order valence-corrected chi connectivity index (χ4v) is 8.46. The molecule has 0 aliphatic carbocycles. The molecule has 5 heteroatoms. The van der Waals surface area contributed by atoms with Crippen molar-refractivity contribution in [2.75, 3.05) is 4.90 Å². The molecule has 0 fully saturated rings. The van der Waals surface area contributed by atoms with Crippen molar-refractivity contribution in [1.82, 2.24) is 19.1 Å². The van der Waals surface area contributed by atoms with Gasteiger partial charge in [0, 0.05) is 68.7 Å². The summed E-state index contributed by atoms with van der Waals surface area (Å²) in [6, 6.07) is 73.5. The molecular weight excluding hydrogens is 719 g/mol. The average Bonchev–Trinajstić information content (AvgIpc) is 3.90. The number of anilines is 3. The topological polar surface area (TPSA) is 38.9 Å². The number of para-hydroxylation sites is 2. The number of fused-ring (bicyclic) bond motifs is 5. The van der Waals surface area contributed by atoms with Crippen molar-refractivity contribution in [3.63, 3.8) is 0 Å². The third-order valence-electron chi connectivity index (χ3n) is 11.3. The van der Waals surface area contributed by atoms with E-state index in [1.165, 1.54) is 49.4 Å². The number of nitrogens with zero attached hydrogens (tertiary/aromatic N) is 5. The molecule has 278 valence electrons. The van der Waals surface area contributed by atoms with Crippen LogP contribution in [0, 0.1) is 0 Å². The van der Waals surface area contributed by atoms with E-state index >= 15 is 0 Å². The van der Waals surface area contributed by atoms with E-state index in [4.69, 9.17) is 0 Å². The van der Waals surface area contributed by atoms with Gasteiger partial charge in [-0.05, 0) is 125 Å². The third kappa shape index (κ3) is 6.13. The molecule has 0 amide bonds. The maximum Gasteiger partial charge on any atom is 0.159 e. The van der Waals surface area contributed by atoms with Gasteiger partial charge in [0.05, 0.1) is 16.6 Å². The molecule has 59 heavy (non-hydrogen) atoms. The van der Waals surface area contributed by atoms with Gasteiger partial charge in [0.25, 0.3) is 0 Å². The molecule has 0 bridgehead atoms. The molecule has 0 N–H and O–H groups in total. The Morgan fingerprint density at radius 1 is 0.356 bits per heavy atom. The minimum Gasteiger partial charge on any atom is -0.316 e. The highest BCUT2D eigenvalue weighted by Crippen LogP contribution is 2.41. The summed E-state index contributed by atoms with van der Waals surface area (Å²) in [5.41, 5.74) is 14.7. The van der Waals surface area contributed by atoms with Gasteiger partial charge >= 0.3 is 0 Å². The summed E-state index contributed by atoms with van der Waals surface area (Å²) in [5.74, 6) is 0.709. The Kier molecular flexibility index (Phi) is 8.41. The summed E-state index contributed by atoms with van der Waals surface area (Å²) in [5, 5.41) is 3.68. The maximum atomic E-state index is 4.47. The minimum atomic E-state index is 0.709. The van der Waals surface area contributed by atoms with Crippen LogP contribution in [0.3, 0.4) is 0 Å². The standard InChI is InChI=1S/C54H37N5/c1-4-11-38(12-5-1)39-17-24-45(25-18-39)58(47-28-21-41(22-29-47)54-55-34-10-35-56-54)46-26-19-40(20-27-46)42-23-31-52-50(37-42)48-30-32-51-49(33-36-57(51)43-13-6-2-7-14-43)53(48)59(52)44-15-8-3-9-16-44/h1-37H. The molecule has 8 aromatic carbocycles. The molecule has 11 aromatic rings. The zero-order valence-corrected chi connectivity index (χ0v) is 32.1. The van der Waals surface area contributed by atoms with Crippen LogP contribution in [-0.2, 0) is 0 Å². The summed E-state index contributed by atoms with van der Waals surface area (Å²) < 4.78 is 4.70. The van der Waals surface area contributed by atoms with E-state index in [0.717, 1.165) is 39.6 Å². The SMILES string of the molecule is c1ccc(-c2ccc(N(c3ccc(-c4ccc5c(c4)c4ccc6c(ccn6-c6ccccc6)c4n5-c4ccccc4)cc3)c3ccc(-c4ncccn4)cc3)cc2)cc1. The molecule has 5 nitrogen and oxygen atoms in total. The normalized spacial score (nSPS) is 11.4. The Morgan fingerprint density at radius 3 is 1.49 bits per heavy atom. The van der Waals surface area contributed by atoms with Crippen LogP contribution in [0.5, 0.6) is 0 Å². The van der Waals surface area contributed by atoms with Crippen LogP contribution in [0.25, 0.3) is 77.7 Å². The maximum absolute atomic E-state index is 4.47. The molecular formula is C54H37N5. The fourth-order valence-electron chi connectivity index (χ4n) is 8.46. The van der Waals surface area contributed by atoms with Gasteiger partial charge in [-0.3, -0.25) is 0 Å². The summed E-state index contributed by atoms with van der Waals surface area (Å²) in [6.07, 6.45) is 5.74. The molecule has 0 spiro atoms. The molecule has 3 heterocycles. The van der Waals surface area contributed by atoms with Gasteiger partial charge in [-0.15, -0.1) is 0 Å². The lowest BCUT2D eigenvalue weighted by molar-refractivity contribution is 1.13. The van der Waals surface area contributed by atoms with Gasteiger partial charge in [0.1, 0.15) is 0 Å². The number of hydrogen-bond acceptors (Lipinski definition) is 3. The zero-order chi connectivity index (χ0) is 39.1. The lowest BCUT2D eigenvalue weighted by Crippen LogP contribution is -2.09. The Morgan fingerprint density at radius 2 is 0.864 bits per heavy atom. The van der Waals surface area contributed by atoms with Crippen LogP contribution in [-0.4, -0.2) is 19.1 Å². The lowest BCUT2D eigenvalue weighted by Gasteiger charge is -2.26. The molecule has 3 aromatic heterocycles. The Hall–Kier alpha value is -8.02. The first kappa shape index (κ1) is 34.2. The second kappa shape index (κ2) is 14.5. The molecule has 0 aliphatic heterocycles. The van der Waals surface area contributed by atoms with Crippen molar-refractivity contribution in [3.05, 3.63) is 225 Å². The molecule has 0 unspecified atom stereocenters. The Labute approximate surface area is 342 Å². The molecule has 0 aliphatic rings.